The van der Waals surface area contributed by atoms with E-state index in [1.807, 2.05) is 12.1 Å². The van der Waals surface area contributed by atoms with Crippen LogP contribution < -0.4 is 0 Å². The van der Waals surface area contributed by atoms with E-state index in [1.165, 1.54) is 28.9 Å². The van der Waals surface area contributed by atoms with E-state index in [2.05, 4.69) is 25.3 Å². The largest absolute Gasteiger partial charge is 0.318 e. The van der Waals surface area contributed by atoms with Crippen LogP contribution in [-0.2, 0) is 12.8 Å². The third kappa shape index (κ3) is 2.24. The fourth-order valence-corrected chi connectivity index (χ4v) is 3.51. The standard InChI is InChI=1S/C17H20N2O2/c1-11-4-9-16-12(2)18(13(3)17(16)10-11)14-5-7-15(8-6-14)19(20)21/h5-8,11H,4,9-10H2,1-3H3/t11-/m0/s1. The van der Waals surface area contributed by atoms with Gasteiger partial charge in [0.25, 0.3) is 5.69 Å². The first-order valence-corrected chi connectivity index (χ1v) is 7.43. The first-order chi connectivity index (χ1) is 9.99. The van der Waals surface area contributed by atoms with Crippen molar-refractivity contribution in [3.63, 3.8) is 0 Å². The number of nitro groups is 1. The summed E-state index contributed by atoms with van der Waals surface area (Å²) in [4.78, 5) is 10.4. The van der Waals surface area contributed by atoms with Crippen LogP contribution in [0.4, 0.5) is 5.69 Å². The number of fused-ring (bicyclic) bond motifs is 1. The molecule has 3 rings (SSSR count). The molecule has 0 bridgehead atoms. The molecular weight excluding hydrogens is 264 g/mol. The summed E-state index contributed by atoms with van der Waals surface area (Å²) in [6, 6.07) is 6.84. The van der Waals surface area contributed by atoms with Crippen LogP contribution in [0.5, 0.6) is 0 Å². The zero-order valence-electron chi connectivity index (χ0n) is 12.7. The van der Waals surface area contributed by atoms with Gasteiger partial charge < -0.3 is 4.57 Å². The highest BCUT2D eigenvalue weighted by Crippen LogP contribution is 2.34. The normalized spacial score (nSPS) is 17.6. The van der Waals surface area contributed by atoms with Gasteiger partial charge in [0.05, 0.1) is 4.92 Å². The minimum absolute atomic E-state index is 0.139. The molecule has 1 aromatic heterocycles. The number of nitrogens with zero attached hydrogens (tertiary/aromatic N) is 2. The predicted molar refractivity (Wildman–Crippen MR) is 83.1 cm³/mol. The van der Waals surface area contributed by atoms with E-state index in [4.69, 9.17) is 0 Å². The molecule has 21 heavy (non-hydrogen) atoms. The highest BCUT2D eigenvalue weighted by Gasteiger charge is 2.24. The van der Waals surface area contributed by atoms with Gasteiger partial charge in [-0.2, -0.15) is 0 Å². The van der Waals surface area contributed by atoms with Crippen molar-refractivity contribution < 1.29 is 4.92 Å². The molecule has 2 aromatic rings. The molecule has 1 aliphatic rings. The van der Waals surface area contributed by atoms with E-state index in [-0.39, 0.29) is 10.6 Å². The SMILES string of the molecule is Cc1c2c(c(C)n1-c1ccc([N+](=O)[O-])cc1)C[C@@H](C)CC2. The molecule has 4 heteroatoms. The second-order valence-electron chi connectivity index (χ2n) is 6.08. The maximum atomic E-state index is 10.8. The molecule has 0 aliphatic heterocycles. The fraction of sp³-hybridized carbons (Fsp3) is 0.412. The van der Waals surface area contributed by atoms with Gasteiger partial charge in [-0.15, -0.1) is 0 Å². The summed E-state index contributed by atoms with van der Waals surface area (Å²) >= 11 is 0. The van der Waals surface area contributed by atoms with Gasteiger partial charge in [-0.3, -0.25) is 10.1 Å². The number of hydrogen-bond acceptors (Lipinski definition) is 2. The molecule has 0 spiro atoms. The molecule has 0 N–H and O–H groups in total. The Hall–Kier alpha value is -2.10. The van der Waals surface area contributed by atoms with Crippen molar-refractivity contribution in [3.05, 3.63) is 56.9 Å². The van der Waals surface area contributed by atoms with E-state index < -0.39 is 0 Å². The van der Waals surface area contributed by atoms with Crippen molar-refractivity contribution in [3.8, 4) is 5.69 Å². The molecule has 0 fully saturated rings. The van der Waals surface area contributed by atoms with Crippen molar-refractivity contribution in [2.75, 3.05) is 0 Å². The molecule has 0 amide bonds. The summed E-state index contributed by atoms with van der Waals surface area (Å²) in [5.74, 6) is 0.739. The number of aromatic nitrogens is 1. The highest BCUT2D eigenvalue weighted by atomic mass is 16.6. The Balaban J connectivity index is 2.09. The number of hydrogen-bond donors (Lipinski definition) is 0. The Bertz CT molecular complexity index is 699. The van der Waals surface area contributed by atoms with E-state index in [0.717, 1.165) is 24.4 Å². The summed E-state index contributed by atoms with van der Waals surface area (Å²) in [6.45, 7) is 6.62. The van der Waals surface area contributed by atoms with Crippen molar-refractivity contribution in [1.29, 1.82) is 0 Å². The van der Waals surface area contributed by atoms with Crippen molar-refractivity contribution in [2.45, 2.75) is 40.0 Å². The average molecular weight is 284 g/mol. The number of rotatable bonds is 2. The topological polar surface area (TPSA) is 48.1 Å². The fourth-order valence-electron chi connectivity index (χ4n) is 3.51. The molecule has 1 atom stereocenters. The molecule has 1 aliphatic carbocycles. The smallest absolute Gasteiger partial charge is 0.269 e. The van der Waals surface area contributed by atoms with Gasteiger partial charge >= 0.3 is 0 Å². The molecule has 0 unspecified atom stereocenters. The summed E-state index contributed by atoms with van der Waals surface area (Å²) < 4.78 is 2.24. The third-order valence-electron chi connectivity index (χ3n) is 4.67. The predicted octanol–water partition coefficient (Wildman–Crippen LogP) is 4.13. The average Bonchev–Trinajstić information content (AvgIpc) is 2.70. The molecule has 1 aromatic carbocycles. The summed E-state index contributed by atoms with van der Waals surface area (Å²) in [5.41, 5.74) is 6.66. The van der Waals surface area contributed by atoms with Gasteiger partial charge in [-0.05, 0) is 62.3 Å². The Labute approximate surface area is 124 Å². The van der Waals surface area contributed by atoms with Crippen LogP contribution in [0.1, 0.15) is 35.9 Å². The minimum atomic E-state index is -0.355. The second-order valence-corrected chi connectivity index (χ2v) is 6.08. The quantitative estimate of drug-likeness (QED) is 0.615. The van der Waals surface area contributed by atoms with Crippen LogP contribution >= 0.6 is 0 Å². The van der Waals surface area contributed by atoms with Gasteiger partial charge in [0.15, 0.2) is 0 Å². The molecule has 0 radical (unpaired) electrons. The Morgan fingerprint density at radius 2 is 1.76 bits per heavy atom. The maximum Gasteiger partial charge on any atom is 0.269 e. The third-order valence-corrected chi connectivity index (χ3v) is 4.67. The summed E-state index contributed by atoms with van der Waals surface area (Å²) in [7, 11) is 0. The van der Waals surface area contributed by atoms with E-state index >= 15 is 0 Å². The van der Waals surface area contributed by atoms with Gasteiger partial charge in [0, 0.05) is 29.2 Å². The minimum Gasteiger partial charge on any atom is -0.318 e. The first kappa shape index (κ1) is 13.9. The van der Waals surface area contributed by atoms with Crippen LogP contribution in [-0.4, -0.2) is 9.49 Å². The van der Waals surface area contributed by atoms with E-state index in [9.17, 15) is 10.1 Å². The van der Waals surface area contributed by atoms with Crippen molar-refractivity contribution in [2.24, 2.45) is 5.92 Å². The van der Waals surface area contributed by atoms with Crippen molar-refractivity contribution in [1.82, 2.24) is 4.57 Å². The number of benzene rings is 1. The summed E-state index contributed by atoms with van der Waals surface area (Å²) in [6.07, 6.45) is 3.53. The van der Waals surface area contributed by atoms with Crippen LogP contribution in [0, 0.1) is 29.9 Å². The molecule has 4 nitrogen and oxygen atoms in total. The Morgan fingerprint density at radius 3 is 2.38 bits per heavy atom. The lowest BCUT2D eigenvalue weighted by atomic mass is 9.85. The molecule has 1 heterocycles. The van der Waals surface area contributed by atoms with Gasteiger partial charge in [0.1, 0.15) is 0 Å². The molecule has 0 saturated carbocycles. The lowest BCUT2D eigenvalue weighted by Gasteiger charge is -2.19. The lowest BCUT2D eigenvalue weighted by Crippen LogP contribution is -2.10. The molecule has 110 valence electrons. The monoisotopic (exact) mass is 284 g/mol. The van der Waals surface area contributed by atoms with Crippen LogP contribution in [0.2, 0.25) is 0 Å². The van der Waals surface area contributed by atoms with Gasteiger partial charge in [-0.1, -0.05) is 6.92 Å². The molecule has 0 saturated heterocycles. The van der Waals surface area contributed by atoms with Crippen LogP contribution in [0.25, 0.3) is 5.69 Å². The van der Waals surface area contributed by atoms with Gasteiger partial charge in [-0.25, -0.2) is 0 Å². The van der Waals surface area contributed by atoms with Crippen molar-refractivity contribution >= 4 is 5.69 Å². The highest BCUT2D eigenvalue weighted by molar-refractivity contribution is 5.49. The Morgan fingerprint density at radius 1 is 1.14 bits per heavy atom. The second kappa shape index (κ2) is 5.02. The zero-order valence-corrected chi connectivity index (χ0v) is 12.7. The van der Waals surface area contributed by atoms with Crippen LogP contribution in [0.3, 0.4) is 0 Å². The zero-order chi connectivity index (χ0) is 15.1. The van der Waals surface area contributed by atoms with Gasteiger partial charge in [0.2, 0.25) is 0 Å². The maximum absolute atomic E-state index is 10.8. The number of nitro benzene ring substituents is 1. The van der Waals surface area contributed by atoms with E-state index in [1.54, 1.807) is 12.1 Å². The first-order valence-electron chi connectivity index (χ1n) is 7.43. The summed E-state index contributed by atoms with van der Waals surface area (Å²) in [5, 5.41) is 10.8. The van der Waals surface area contributed by atoms with Crippen LogP contribution in [0.15, 0.2) is 24.3 Å². The lowest BCUT2D eigenvalue weighted by molar-refractivity contribution is -0.384. The molecular formula is C17H20N2O2. The number of non-ortho nitro benzene ring substituents is 1. The Kier molecular flexibility index (Phi) is 3.32. The van der Waals surface area contributed by atoms with E-state index in [0.29, 0.717) is 0 Å².